The summed E-state index contributed by atoms with van der Waals surface area (Å²) in [4.78, 5) is 11.5. The third-order valence-corrected chi connectivity index (χ3v) is 3.05. The summed E-state index contributed by atoms with van der Waals surface area (Å²) in [5.74, 6) is 0.845. The quantitative estimate of drug-likeness (QED) is 0.827. The van der Waals surface area contributed by atoms with Crippen LogP contribution in [-0.2, 0) is 0 Å². The maximum atomic E-state index is 11.5. The molecule has 0 bridgehead atoms. The summed E-state index contributed by atoms with van der Waals surface area (Å²) in [6.07, 6.45) is 0. The first kappa shape index (κ1) is 11.3. The molecule has 1 unspecified atom stereocenters. The van der Waals surface area contributed by atoms with Crippen molar-refractivity contribution in [2.45, 2.75) is 6.92 Å². The average molecular weight is 210 g/mol. The number of benzene rings is 1. The average Bonchev–Trinajstić information content (AvgIpc) is 2.26. The number of aliphatic hydroxyl groups excluding tert-OH is 1. The fourth-order valence-electron chi connectivity index (χ4n) is 0.928. The van der Waals surface area contributed by atoms with E-state index in [9.17, 15) is 4.79 Å². The number of carbonyl (C=O) groups excluding carboxylic acids is 1. The van der Waals surface area contributed by atoms with Crippen molar-refractivity contribution in [3.63, 3.8) is 0 Å². The minimum Gasteiger partial charge on any atom is -0.396 e. The van der Waals surface area contributed by atoms with E-state index >= 15 is 0 Å². The second-order valence-corrected chi connectivity index (χ2v) is 4.25. The lowest BCUT2D eigenvalue weighted by Gasteiger charge is -2.05. The largest absolute Gasteiger partial charge is 0.396 e. The Morgan fingerprint density at radius 2 is 2.07 bits per heavy atom. The molecular formula is C11H14O2S. The Balaban J connectivity index is 2.44. The molecule has 2 nitrogen and oxygen atoms in total. The number of hydrogen-bond acceptors (Lipinski definition) is 3. The van der Waals surface area contributed by atoms with E-state index in [4.69, 9.17) is 5.11 Å². The van der Waals surface area contributed by atoms with Gasteiger partial charge in [0.15, 0.2) is 0 Å². The van der Waals surface area contributed by atoms with Crippen molar-refractivity contribution in [1.29, 1.82) is 0 Å². The van der Waals surface area contributed by atoms with Gasteiger partial charge in [0, 0.05) is 17.9 Å². The van der Waals surface area contributed by atoms with E-state index < -0.39 is 0 Å². The summed E-state index contributed by atoms with van der Waals surface area (Å²) in [7, 11) is 0. The van der Waals surface area contributed by atoms with E-state index in [2.05, 4.69) is 0 Å². The smallest absolute Gasteiger partial charge is 0.219 e. The monoisotopic (exact) mass is 210 g/mol. The molecule has 76 valence electrons. The molecule has 0 spiro atoms. The van der Waals surface area contributed by atoms with Crippen LogP contribution in [0, 0.1) is 5.92 Å². The molecule has 1 aromatic rings. The molecule has 0 saturated carbocycles. The van der Waals surface area contributed by atoms with Crippen molar-refractivity contribution in [2.24, 2.45) is 5.92 Å². The van der Waals surface area contributed by atoms with Crippen LogP contribution in [-0.4, -0.2) is 22.6 Å². The number of carbonyl (C=O) groups is 1. The highest BCUT2D eigenvalue weighted by Gasteiger charge is 2.08. The first-order valence-electron chi connectivity index (χ1n) is 4.57. The van der Waals surface area contributed by atoms with Crippen LogP contribution < -0.4 is 0 Å². The van der Waals surface area contributed by atoms with Gasteiger partial charge in [-0.05, 0) is 5.92 Å². The van der Waals surface area contributed by atoms with Gasteiger partial charge in [0.05, 0.1) is 0 Å². The normalized spacial score (nSPS) is 12.4. The van der Waals surface area contributed by atoms with Crippen LogP contribution in [0.5, 0.6) is 0 Å². The van der Waals surface area contributed by atoms with E-state index in [0.717, 1.165) is 5.56 Å². The molecule has 0 saturated heterocycles. The number of rotatable bonds is 4. The second-order valence-electron chi connectivity index (χ2n) is 3.25. The van der Waals surface area contributed by atoms with Crippen LogP contribution in [0.1, 0.15) is 17.3 Å². The Kier molecular flexibility index (Phi) is 4.70. The standard InChI is InChI=1S/C11H14O2S/c1-9(7-12)8-14-11(13)10-5-3-2-4-6-10/h2-6,9,12H,7-8H2,1H3. The first-order chi connectivity index (χ1) is 6.74. The van der Waals surface area contributed by atoms with Crippen LogP contribution in [0.3, 0.4) is 0 Å². The van der Waals surface area contributed by atoms with Crippen molar-refractivity contribution in [3.05, 3.63) is 35.9 Å². The summed E-state index contributed by atoms with van der Waals surface area (Å²) in [5.41, 5.74) is 0.725. The zero-order valence-corrected chi connectivity index (χ0v) is 8.96. The molecule has 0 aliphatic heterocycles. The van der Waals surface area contributed by atoms with Gasteiger partial charge >= 0.3 is 0 Å². The maximum absolute atomic E-state index is 11.5. The topological polar surface area (TPSA) is 37.3 Å². The molecule has 0 aromatic heterocycles. The summed E-state index contributed by atoms with van der Waals surface area (Å²) in [6, 6.07) is 9.20. The zero-order chi connectivity index (χ0) is 10.4. The molecule has 0 aliphatic carbocycles. The van der Waals surface area contributed by atoms with Crippen LogP contribution >= 0.6 is 11.8 Å². The lowest BCUT2D eigenvalue weighted by Crippen LogP contribution is -2.06. The Labute approximate surface area is 88.3 Å². The fraction of sp³-hybridized carbons (Fsp3) is 0.364. The van der Waals surface area contributed by atoms with Gasteiger partial charge in [-0.25, -0.2) is 0 Å². The highest BCUT2D eigenvalue weighted by molar-refractivity contribution is 8.14. The SMILES string of the molecule is CC(CO)CSC(=O)c1ccccc1. The summed E-state index contributed by atoms with van der Waals surface area (Å²) < 4.78 is 0. The van der Waals surface area contributed by atoms with E-state index in [1.54, 1.807) is 12.1 Å². The van der Waals surface area contributed by atoms with Gasteiger partial charge in [-0.15, -0.1) is 0 Å². The molecule has 0 amide bonds. The van der Waals surface area contributed by atoms with Crippen molar-refractivity contribution < 1.29 is 9.90 Å². The molecule has 0 radical (unpaired) electrons. The molecule has 1 rings (SSSR count). The van der Waals surface area contributed by atoms with Gasteiger partial charge in [0.25, 0.3) is 0 Å². The maximum Gasteiger partial charge on any atom is 0.219 e. The highest BCUT2D eigenvalue weighted by atomic mass is 32.2. The van der Waals surface area contributed by atoms with Crippen molar-refractivity contribution in [3.8, 4) is 0 Å². The summed E-state index contributed by atoms with van der Waals surface area (Å²) in [5, 5.41) is 8.87. The van der Waals surface area contributed by atoms with Crippen LogP contribution in [0.25, 0.3) is 0 Å². The van der Waals surface area contributed by atoms with Crippen molar-refractivity contribution in [2.75, 3.05) is 12.4 Å². The fourth-order valence-corrected chi connectivity index (χ4v) is 1.77. The minimum absolute atomic E-state index is 0.0749. The third kappa shape index (κ3) is 3.52. The summed E-state index contributed by atoms with van der Waals surface area (Å²) >= 11 is 1.26. The Bertz CT molecular complexity index is 285. The Hall–Kier alpha value is -0.800. The lowest BCUT2D eigenvalue weighted by molar-refractivity contribution is 0.108. The summed E-state index contributed by atoms with van der Waals surface area (Å²) in [6.45, 7) is 2.06. The molecule has 1 N–H and O–H groups in total. The number of thioether (sulfide) groups is 1. The van der Waals surface area contributed by atoms with E-state index in [1.165, 1.54) is 11.8 Å². The Morgan fingerprint density at radius 3 is 2.64 bits per heavy atom. The molecule has 0 heterocycles. The van der Waals surface area contributed by atoms with Crippen LogP contribution in [0.15, 0.2) is 30.3 Å². The van der Waals surface area contributed by atoms with Gasteiger partial charge < -0.3 is 5.11 Å². The van der Waals surface area contributed by atoms with Gasteiger partial charge in [-0.1, -0.05) is 49.0 Å². The van der Waals surface area contributed by atoms with Gasteiger partial charge in [0.1, 0.15) is 0 Å². The lowest BCUT2D eigenvalue weighted by atomic mass is 10.2. The van der Waals surface area contributed by atoms with Crippen molar-refractivity contribution in [1.82, 2.24) is 0 Å². The zero-order valence-electron chi connectivity index (χ0n) is 8.14. The molecule has 0 aliphatic rings. The van der Waals surface area contributed by atoms with Crippen LogP contribution in [0.2, 0.25) is 0 Å². The van der Waals surface area contributed by atoms with E-state index in [-0.39, 0.29) is 17.6 Å². The third-order valence-electron chi connectivity index (χ3n) is 1.82. The van der Waals surface area contributed by atoms with Gasteiger partial charge in [-0.2, -0.15) is 0 Å². The van der Waals surface area contributed by atoms with Crippen molar-refractivity contribution >= 4 is 16.9 Å². The Morgan fingerprint density at radius 1 is 1.43 bits per heavy atom. The van der Waals surface area contributed by atoms with E-state index in [0.29, 0.717) is 5.75 Å². The van der Waals surface area contributed by atoms with E-state index in [1.807, 2.05) is 25.1 Å². The van der Waals surface area contributed by atoms with Crippen LogP contribution in [0.4, 0.5) is 0 Å². The van der Waals surface area contributed by atoms with Gasteiger partial charge in [-0.3, -0.25) is 4.79 Å². The number of aliphatic hydroxyl groups is 1. The molecule has 1 aromatic carbocycles. The molecule has 3 heteroatoms. The predicted molar refractivity (Wildman–Crippen MR) is 59.5 cm³/mol. The predicted octanol–water partition coefficient (Wildman–Crippen LogP) is 2.19. The molecule has 14 heavy (non-hydrogen) atoms. The van der Waals surface area contributed by atoms with Gasteiger partial charge in [0.2, 0.25) is 5.12 Å². The molecule has 0 fully saturated rings. The number of hydrogen-bond donors (Lipinski definition) is 1. The molecular weight excluding hydrogens is 196 g/mol. The highest BCUT2D eigenvalue weighted by Crippen LogP contribution is 2.14. The minimum atomic E-state index is 0.0749. The first-order valence-corrected chi connectivity index (χ1v) is 5.55. The second kappa shape index (κ2) is 5.83. The molecule has 1 atom stereocenters.